The summed E-state index contributed by atoms with van der Waals surface area (Å²) < 4.78 is 39.5. The molecule has 1 aliphatic heterocycles. The Morgan fingerprint density at radius 2 is 1.96 bits per heavy atom. The summed E-state index contributed by atoms with van der Waals surface area (Å²) >= 11 is -2.11. The van der Waals surface area contributed by atoms with Gasteiger partial charge in [0.25, 0.3) is 0 Å². The van der Waals surface area contributed by atoms with Crippen molar-refractivity contribution in [1.82, 2.24) is 4.31 Å². The van der Waals surface area contributed by atoms with Gasteiger partial charge >= 0.3 is 150 Å². The molecule has 1 saturated heterocycles. The summed E-state index contributed by atoms with van der Waals surface area (Å²) in [4.78, 5) is 0.213. The van der Waals surface area contributed by atoms with E-state index < -0.39 is 23.5 Å². The van der Waals surface area contributed by atoms with Crippen LogP contribution in [-0.2, 0) is 28.3 Å². The van der Waals surface area contributed by atoms with Crippen LogP contribution in [0, 0.1) is 0 Å². The molecule has 1 heterocycles. The van der Waals surface area contributed by atoms with Crippen LogP contribution in [0.5, 0.6) is 5.75 Å². The van der Waals surface area contributed by atoms with Gasteiger partial charge in [0, 0.05) is 0 Å². The summed E-state index contributed by atoms with van der Waals surface area (Å²) in [5, 5.41) is 0. The van der Waals surface area contributed by atoms with E-state index in [1.807, 2.05) is 13.8 Å². The number of hydrogen-bond donors (Lipinski definition) is 0. The second kappa shape index (κ2) is 8.37. The van der Waals surface area contributed by atoms with Gasteiger partial charge in [0.15, 0.2) is 0 Å². The molecule has 1 aromatic carbocycles. The van der Waals surface area contributed by atoms with Crippen molar-refractivity contribution in [3.8, 4) is 5.75 Å². The minimum absolute atomic E-state index is 0.0323. The predicted molar refractivity (Wildman–Crippen MR) is 88.7 cm³/mol. The van der Waals surface area contributed by atoms with E-state index in [-0.39, 0.29) is 11.0 Å². The normalized spacial score (nSPS) is 17.2. The van der Waals surface area contributed by atoms with Crippen LogP contribution in [0.15, 0.2) is 23.1 Å². The van der Waals surface area contributed by atoms with E-state index in [1.54, 1.807) is 22.8 Å². The molecule has 0 radical (unpaired) electrons. The van der Waals surface area contributed by atoms with Gasteiger partial charge in [0.05, 0.1) is 0 Å². The molecule has 5 nitrogen and oxygen atoms in total. The van der Waals surface area contributed by atoms with Crippen LogP contribution in [0.3, 0.4) is 0 Å². The quantitative estimate of drug-likeness (QED) is 0.623. The van der Waals surface area contributed by atoms with E-state index in [2.05, 4.69) is 0 Å². The Balaban J connectivity index is 2.41. The third kappa shape index (κ3) is 5.22. The molecule has 132 valence electrons. The van der Waals surface area contributed by atoms with Crippen LogP contribution in [0.1, 0.15) is 19.4 Å². The number of ether oxygens (including phenoxy) is 2. The molecule has 9 heteroatoms. The first-order valence-corrected chi connectivity index (χ1v) is 13.9. The number of halogens is 2. The third-order valence-corrected chi connectivity index (χ3v) is 6.87. The van der Waals surface area contributed by atoms with Crippen LogP contribution in [0.2, 0.25) is 0 Å². The van der Waals surface area contributed by atoms with Crippen molar-refractivity contribution in [3.05, 3.63) is 23.8 Å². The molecule has 1 aliphatic rings. The molecule has 0 spiro atoms. The van der Waals surface area contributed by atoms with Crippen LogP contribution in [-0.4, -0.2) is 49.7 Å². The van der Waals surface area contributed by atoms with E-state index in [9.17, 15) is 8.42 Å². The topological polar surface area (TPSA) is 55.8 Å². The van der Waals surface area contributed by atoms with Gasteiger partial charge in [0.2, 0.25) is 0 Å². The Kier molecular flexibility index (Phi) is 7.02. The van der Waals surface area contributed by atoms with Gasteiger partial charge in [-0.15, -0.1) is 0 Å². The minimum atomic E-state index is -3.56. The first-order valence-electron chi connectivity index (χ1n) is 7.02. The molecule has 0 saturated carbocycles. The maximum absolute atomic E-state index is 12.7. The standard InChI is InChI=1S/C14H19NO4S.2ClH.Ru/c1-11(2)19-14-5-4-13(10-12(14)3)20(16,17)15-6-8-18-9-7-15;;;/h3-5,10-11H,6-9H2,1-2H3;2*1H;/q;;;+2/p-2. The zero-order chi connectivity index (χ0) is 17.0. The van der Waals surface area contributed by atoms with Crippen LogP contribution < -0.4 is 4.74 Å². The second-order valence-corrected chi connectivity index (χ2v) is 12.9. The Bertz CT molecular complexity index is 684. The van der Waals surface area contributed by atoms with Gasteiger partial charge in [-0.05, 0) is 0 Å². The summed E-state index contributed by atoms with van der Waals surface area (Å²) in [5.41, 5.74) is 0.622. The van der Waals surface area contributed by atoms with Crippen LogP contribution in [0.4, 0.5) is 0 Å². The molecule has 1 aromatic rings. The van der Waals surface area contributed by atoms with E-state index >= 15 is 0 Å². The third-order valence-electron chi connectivity index (χ3n) is 3.14. The molecule has 0 aliphatic carbocycles. The maximum atomic E-state index is 12.7. The van der Waals surface area contributed by atoms with Crippen LogP contribution in [0.25, 0.3) is 0 Å². The zero-order valence-electron chi connectivity index (χ0n) is 12.8. The average molecular weight is 469 g/mol. The average Bonchev–Trinajstić information content (AvgIpc) is 2.49. The molecule has 0 atom stereocenters. The molecule has 0 N–H and O–H groups in total. The first kappa shape index (κ1) is 19.3. The Hall–Kier alpha value is -0.0366. The number of sulfonamides is 1. The summed E-state index contributed by atoms with van der Waals surface area (Å²) in [6.07, 6.45) is -0.0323. The van der Waals surface area contributed by atoms with Crippen molar-refractivity contribution in [2.24, 2.45) is 0 Å². The van der Waals surface area contributed by atoms with E-state index in [0.29, 0.717) is 37.6 Å². The Morgan fingerprint density at radius 3 is 2.52 bits per heavy atom. The van der Waals surface area contributed by atoms with Crippen molar-refractivity contribution >= 4 is 34.0 Å². The number of morpholine rings is 1. The van der Waals surface area contributed by atoms with Gasteiger partial charge in [-0.2, -0.15) is 0 Å². The van der Waals surface area contributed by atoms with Crippen LogP contribution >= 0.6 is 19.4 Å². The van der Waals surface area contributed by atoms with E-state index in [0.717, 1.165) is 0 Å². The van der Waals surface area contributed by atoms with Crippen molar-refractivity contribution in [2.75, 3.05) is 26.3 Å². The second-order valence-electron chi connectivity index (χ2n) is 5.19. The van der Waals surface area contributed by atoms with E-state index in [1.165, 1.54) is 4.31 Å². The monoisotopic (exact) mass is 469 g/mol. The fraction of sp³-hybridized carbons (Fsp3) is 0.500. The summed E-state index contributed by atoms with van der Waals surface area (Å²) in [6.45, 7) is 5.33. The fourth-order valence-corrected chi connectivity index (χ4v) is 5.38. The molecular formula is C14H19Cl2NO4RuS. The molecule has 23 heavy (non-hydrogen) atoms. The van der Waals surface area contributed by atoms with Gasteiger partial charge < -0.3 is 0 Å². The number of hydrogen-bond acceptors (Lipinski definition) is 4. The van der Waals surface area contributed by atoms with Gasteiger partial charge in [-0.1, -0.05) is 0 Å². The van der Waals surface area contributed by atoms with Gasteiger partial charge in [0.1, 0.15) is 0 Å². The predicted octanol–water partition coefficient (Wildman–Crippen LogP) is 2.57. The zero-order valence-corrected chi connectivity index (χ0v) is 16.9. The SMILES string of the molecule is CC(C)Oc1ccc(S(=O)(=O)N2CCOCC2)cc1[CH]=[Ru]([Cl])[Cl]. The van der Waals surface area contributed by atoms with Crippen molar-refractivity contribution < 1.29 is 31.4 Å². The number of rotatable bonds is 5. The molecule has 1 fully saturated rings. The van der Waals surface area contributed by atoms with Crippen molar-refractivity contribution in [2.45, 2.75) is 24.8 Å². The number of benzene rings is 1. The summed E-state index contributed by atoms with van der Waals surface area (Å²) in [5.74, 6) is 0.584. The van der Waals surface area contributed by atoms with Gasteiger partial charge in [-0.3, -0.25) is 0 Å². The molecule has 0 bridgehead atoms. The fourth-order valence-electron chi connectivity index (χ4n) is 2.15. The molecule has 0 aromatic heterocycles. The first-order chi connectivity index (χ1) is 10.8. The van der Waals surface area contributed by atoms with Crippen molar-refractivity contribution in [1.29, 1.82) is 0 Å². The summed E-state index contributed by atoms with van der Waals surface area (Å²) in [7, 11) is 8.36. The van der Waals surface area contributed by atoms with Gasteiger partial charge in [-0.25, -0.2) is 0 Å². The van der Waals surface area contributed by atoms with Crippen molar-refractivity contribution in [3.63, 3.8) is 0 Å². The molecule has 2 rings (SSSR count). The Morgan fingerprint density at radius 1 is 1.30 bits per heavy atom. The molecular weight excluding hydrogens is 450 g/mol. The molecule has 0 unspecified atom stereocenters. The summed E-state index contributed by atoms with van der Waals surface area (Å²) in [6, 6.07) is 4.79. The number of nitrogens with zero attached hydrogens (tertiary/aromatic N) is 1. The Labute approximate surface area is 150 Å². The molecule has 0 amide bonds. The van der Waals surface area contributed by atoms with E-state index in [4.69, 9.17) is 28.9 Å².